The summed E-state index contributed by atoms with van der Waals surface area (Å²) >= 11 is 0. The lowest BCUT2D eigenvalue weighted by Gasteiger charge is -2.15. The lowest BCUT2D eigenvalue weighted by molar-refractivity contribution is -0.120. The summed E-state index contributed by atoms with van der Waals surface area (Å²) in [6.07, 6.45) is 0. The fourth-order valence-electron chi connectivity index (χ4n) is 2.12. The van der Waals surface area contributed by atoms with Crippen molar-refractivity contribution in [3.8, 4) is 0 Å². The molecule has 3 nitrogen and oxygen atoms in total. The maximum absolute atomic E-state index is 13.0. The molecule has 0 saturated heterocycles. The Morgan fingerprint density at radius 2 is 1.90 bits per heavy atom. The first-order chi connectivity index (χ1) is 10.1. The highest BCUT2D eigenvalue weighted by Gasteiger charge is 2.09. The second-order valence-corrected chi connectivity index (χ2v) is 5.01. The van der Waals surface area contributed by atoms with Crippen LogP contribution in [0.15, 0.2) is 48.5 Å². The van der Waals surface area contributed by atoms with Crippen molar-refractivity contribution in [1.82, 2.24) is 5.32 Å². The maximum atomic E-state index is 13.0. The molecule has 110 valence electrons. The van der Waals surface area contributed by atoms with Gasteiger partial charge in [-0.3, -0.25) is 4.79 Å². The first kappa shape index (κ1) is 15.0. The van der Waals surface area contributed by atoms with Crippen molar-refractivity contribution < 1.29 is 9.18 Å². The van der Waals surface area contributed by atoms with Gasteiger partial charge in [0, 0.05) is 5.69 Å². The molecule has 21 heavy (non-hydrogen) atoms. The van der Waals surface area contributed by atoms with Gasteiger partial charge >= 0.3 is 0 Å². The predicted molar refractivity (Wildman–Crippen MR) is 82.6 cm³/mol. The number of rotatable bonds is 5. The van der Waals surface area contributed by atoms with Crippen LogP contribution in [-0.4, -0.2) is 12.5 Å². The molecule has 2 aromatic rings. The second kappa shape index (κ2) is 6.88. The van der Waals surface area contributed by atoms with E-state index in [1.54, 1.807) is 13.0 Å². The number of anilines is 1. The summed E-state index contributed by atoms with van der Waals surface area (Å²) in [4.78, 5) is 11.9. The number of aryl methyl sites for hydroxylation is 1. The van der Waals surface area contributed by atoms with Crippen molar-refractivity contribution in [2.45, 2.75) is 19.9 Å². The molecular formula is C17H19FN2O. The quantitative estimate of drug-likeness (QED) is 0.884. The summed E-state index contributed by atoms with van der Waals surface area (Å²) in [6, 6.07) is 14.2. The van der Waals surface area contributed by atoms with Gasteiger partial charge in [0.1, 0.15) is 5.82 Å². The number of hydrogen-bond acceptors (Lipinski definition) is 2. The van der Waals surface area contributed by atoms with Crippen LogP contribution in [0.1, 0.15) is 24.1 Å². The van der Waals surface area contributed by atoms with Crippen LogP contribution in [0.3, 0.4) is 0 Å². The Labute approximate surface area is 124 Å². The first-order valence-corrected chi connectivity index (χ1v) is 6.90. The van der Waals surface area contributed by atoms with Crippen LogP contribution in [0.25, 0.3) is 0 Å². The minimum absolute atomic E-state index is 0.0465. The highest BCUT2D eigenvalue weighted by molar-refractivity contribution is 5.81. The molecule has 0 fully saturated rings. The molecule has 0 spiro atoms. The summed E-state index contributed by atoms with van der Waals surface area (Å²) in [5.41, 5.74) is 2.60. The molecule has 1 atom stereocenters. The van der Waals surface area contributed by atoms with Crippen molar-refractivity contribution in [3.05, 3.63) is 65.5 Å². The van der Waals surface area contributed by atoms with Gasteiger partial charge in [0.05, 0.1) is 12.6 Å². The van der Waals surface area contributed by atoms with Gasteiger partial charge in [-0.25, -0.2) is 4.39 Å². The Hall–Kier alpha value is -2.36. The van der Waals surface area contributed by atoms with Crippen LogP contribution in [0, 0.1) is 12.7 Å². The molecule has 0 bridgehead atoms. The molecule has 2 N–H and O–H groups in total. The van der Waals surface area contributed by atoms with Crippen LogP contribution in [-0.2, 0) is 4.79 Å². The average molecular weight is 286 g/mol. The Kier molecular flexibility index (Phi) is 4.93. The van der Waals surface area contributed by atoms with Gasteiger partial charge in [-0.15, -0.1) is 0 Å². The standard InChI is InChI=1S/C17H19FN2O/c1-12-10-15(18)8-9-16(12)19-11-17(21)20-13(2)14-6-4-3-5-7-14/h3-10,13,19H,11H2,1-2H3,(H,20,21)/t13-/m0/s1. The van der Waals surface area contributed by atoms with Crippen LogP contribution in [0.2, 0.25) is 0 Å². The van der Waals surface area contributed by atoms with E-state index >= 15 is 0 Å². The summed E-state index contributed by atoms with van der Waals surface area (Å²) in [7, 11) is 0. The SMILES string of the molecule is Cc1cc(F)ccc1NCC(=O)N[C@@H](C)c1ccccc1. The van der Waals surface area contributed by atoms with E-state index in [4.69, 9.17) is 0 Å². The van der Waals surface area contributed by atoms with Gasteiger partial charge in [-0.05, 0) is 43.2 Å². The molecule has 2 aromatic carbocycles. The summed E-state index contributed by atoms with van der Waals surface area (Å²) in [5.74, 6) is -0.379. The van der Waals surface area contributed by atoms with Gasteiger partial charge < -0.3 is 10.6 Å². The third kappa shape index (κ3) is 4.31. The van der Waals surface area contributed by atoms with Gasteiger partial charge in [0.25, 0.3) is 0 Å². The van der Waals surface area contributed by atoms with Gasteiger partial charge in [-0.2, -0.15) is 0 Å². The normalized spacial score (nSPS) is 11.8. The van der Waals surface area contributed by atoms with Crippen molar-refractivity contribution in [2.75, 3.05) is 11.9 Å². The zero-order valence-electron chi connectivity index (χ0n) is 12.2. The first-order valence-electron chi connectivity index (χ1n) is 6.90. The van der Waals surface area contributed by atoms with Crippen molar-refractivity contribution in [1.29, 1.82) is 0 Å². The highest BCUT2D eigenvalue weighted by atomic mass is 19.1. The van der Waals surface area contributed by atoms with Crippen molar-refractivity contribution in [2.24, 2.45) is 0 Å². The van der Waals surface area contributed by atoms with Crippen LogP contribution >= 0.6 is 0 Å². The smallest absolute Gasteiger partial charge is 0.239 e. The zero-order chi connectivity index (χ0) is 15.2. The molecule has 4 heteroatoms. The molecule has 1 amide bonds. The second-order valence-electron chi connectivity index (χ2n) is 5.01. The van der Waals surface area contributed by atoms with E-state index in [2.05, 4.69) is 10.6 Å². The number of hydrogen-bond donors (Lipinski definition) is 2. The van der Waals surface area contributed by atoms with E-state index < -0.39 is 0 Å². The molecule has 0 unspecified atom stereocenters. The lowest BCUT2D eigenvalue weighted by Crippen LogP contribution is -2.32. The molecule has 0 aliphatic heterocycles. The Morgan fingerprint density at radius 3 is 2.57 bits per heavy atom. The van der Waals surface area contributed by atoms with Crippen molar-refractivity contribution in [3.63, 3.8) is 0 Å². The van der Waals surface area contributed by atoms with E-state index in [-0.39, 0.29) is 24.3 Å². The van der Waals surface area contributed by atoms with Crippen LogP contribution in [0.4, 0.5) is 10.1 Å². The van der Waals surface area contributed by atoms with Crippen molar-refractivity contribution >= 4 is 11.6 Å². The molecule has 0 radical (unpaired) electrons. The highest BCUT2D eigenvalue weighted by Crippen LogP contribution is 2.15. The summed E-state index contributed by atoms with van der Waals surface area (Å²) in [6.45, 7) is 3.90. The van der Waals surface area contributed by atoms with Crippen LogP contribution in [0.5, 0.6) is 0 Å². The lowest BCUT2D eigenvalue weighted by atomic mass is 10.1. The summed E-state index contributed by atoms with van der Waals surface area (Å²) in [5, 5.41) is 5.94. The van der Waals surface area contributed by atoms with E-state index in [0.717, 1.165) is 16.8 Å². The minimum Gasteiger partial charge on any atom is -0.376 e. The average Bonchev–Trinajstić information content (AvgIpc) is 2.47. The van der Waals surface area contributed by atoms with Gasteiger partial charge in [-0.1, -0.05) is 30.3 Å². The molecule has 0 aliphatic rings. The van der Waals surface area contributed by atoms with E-state index in [9.17, 15) is 9.18 Å². The topological polar surface area (TPSA) is 41.1 Å². The number of halogens is 1. The van der Waals surface area contributed by atoms with Crippen LogP contribution < -0.4 is 10.6 Å². The van der Waals surface area contributed by atoms with E-state index in [0.29, 0.717) is 0 Å². The Bertz CT molecular complexity index is 613. The number of carbonyl (C=O) groups excluding carboxylic acids is 1. The Morgan fingerprint density at radius 1 is 1.19 bits per heavy atom. The number of carbonyl (C=O) groups is 1. The predicted octanol–water partition coefficient (Wildman–Crippen LogP) is 3.42. The molecule has 0 heterocycles. The third-order valence-electron chi connectivity index (χ3n) is 3.30. The monoisotopic (exact) mass is 286 g/mol. The number of amides is 1. The fourth-order valence-corrected chi connectivity index (χ4v) is 2.12. The molecule has 2 rings (SSSR count). The molecule has 0 aliphatic carbocycles. The summed E-state index contributed by atoms with van der Waals surface area (Å²) < 4.78 is 13.0. The zero-order valence-corrected chi connectivity index (χ0v) is 12.2. The van der Waals surface area contributed by atoms with Gasteiger partial charge in [0.15, 0.2) is 0 Å². The number of benzene rings is 2. The maximum Gasteiger partial charge on any atom is 0.239 e. The molecular weight excluding hydrogens is 267 g/mol. The van der Waals surface area contributed by atoms with Gasteiger partial charge in [0.2, 0.25) is 5.91 Å². The molecule has 0 aromatic heterocycles. The molecule has 0 saturated carbocycles. The number of nitrogens with one attached hydrogen (secondary N) is 2. The Balaban J connectivity index is 1.87. The largest absolute Gasteiger partial charge is 0.376 e. The third-order valence-corrected chi connectivity index (χ3v) is 3.30. The minimum atomic E-state index is -0.278. The van der Waals surface area contributed by atoms with E-state index in [1.807, 2.05) is 37.3 Å². The fraction of sp³-hybridized carbons (Fsp3) is 0.235. The van der Waals surface area contributed by atoms with E-state index in [1.165, 1.54) is 12.1 Å².